The Labute approximate surface area is 79.5 Å². The molecule has 0 aromatic carbocycles. The molecule has 0 unspecified atom stereocenters. The van der Waals surface area contributed by atoms with Crippen molar-refractivity contribution in [1.82, 2.24) is 0 Å². The van der Waals surface area contributed by atoms with Crippen molar-refractivity contribution < 1.29 is 13.5 Å². The second-order valence-corrected chi connectivity index (χ2v) is 4.63. The fraction of sp³-hybridized carbons (Fsp3) is 1.00. The highest BCUT2D eigenvalue weighted by Gasteiger charge is 2.33. The third-order valence-corrected chi connectivity index (χ3v) is 1.82. The van der Waals surface area contributed by atoms with Crippen LogP contribution in [0.5, 0.6) is 0 Å². The molecule has 0 N–H and O–H groups in total. The van der Waals surface area contributed by atoms with E-state index in [-0.39, 0.29) is 18.6 Å². The summed E-state index contributed by atoms with van der Waals surface area (Å²) in [5.41, 5.74) is -0.326. The Balaban J connectivity index is 3.77. The van der Waals surface area contributed by atoms with Crippen molar-refractivity contribution in [3.8, 4) is 0 Å². The van der Waals surface area contributed by atoms with Crippen LogP contribution in [0.2, 0.25) is 0 Å². The summed E-state index contributed by atoms with van der Waals surface area (Å²) in [6.45, 7) is 8.75. The van der Waals surface area contributed by atoms with Crippen LogP contribution in [-0.2, 0) is 4.74 Å². The van der Waals surface area contributed by atoms with E-state index in [0.717, 1.165) is 0 Å². The zero-order chi connectivity index (χ0) is 10.7. The summed E-state index contributed by atoms with van der Waals surface area (Å²) in [7, 11) is 0. The quantitative estimate of drug-likeness (QED) is 0.665. The van der Waals surface area contributed by atoms with Crippen LogP contribution in [0.3, 0.4) is 0 Å². The van der Waals surface area contributed by atoms with Gasteiger partial charge in [-0.05, 0) is 20.8 Å². The molecule has 0 aromatic heterocycles. The number of rotatable bonds is 4. The Morgan fingerprint density at radius 2 is 1.62 bits per heavy atom. The lowest BCUT2D eigenvalue weighted by atomic mass is 10.0. The summed E-state index contributed by atoms with van der Waals surface area (Å²) < 4.78 is 31.3. The van der Waals surface area contributed by atoms with Gasteiger partial charge in [-0.25, -0.2) is 8.78 Å². The fourth-order valence-corrected chi connectivity index (χ4v) is 0.782. The van der Waals surface area contributed by atoms with Crippen molar-refractivity contribution in [2.75, 3.05) is 6.61 Å². The van der Waals surface area contributed by atoms with Crippen molar-refractivity contribution in [2.45, 2.75) is 52.6 Å². The highest BCUT2D eigenvalue weighted by atomic mass is 19.3. The molecule has 0 amide bonds. The lowest BCUT2D eigenvalue weighted by Crippen LogP contribution is -2.28. The Bertz CT molecular complexity index is 147. The minimum absolute atomic E-state index is 0.120. The molecule has 0 aliphatic heterocycles. The average Bonchev–Trinajstić information content (AvgIpc) is 1.82. The van der Waals surface area contributed by atoms with E-state index in [0.29, 0.717) is 0 Å². The standard InChI is InChI=1S/C10H20F2O/c1-8(2)10(11,12)6-7-13-9(3,4)5/h8H,6-7H2,1-5H3. The number of hydrogen-bond donors (Lipinski definition) is 0. The van der Waals surface area contributed by atoms with Gasteiger partial charge in [0.1, 0.15) is 0 Å². The summed E-state index contributed by atoms with van der Waals surface area (Å²) in [6, 6.07) is 0. The molecule has 0 aromatic rings. The molecule has 0 fully saturated rings. The van der Waals surface area contributed by atoms with E-state index in [4.69, 9.17) is 4.74 Å². The fourth-order valence-electron chi connectivity index (χ4n) is 0.782. The molecule has 80 valence electrons. The van der Waals surface area contributed by atoms with E-state index in [9.17, 15) is 8.78 Å². The SMILES string of the molecule is CC(C)C(F)(F)CCOC(C)(C)C. The molecule has 0 spiro atoms. The average molecular weight is 194 g/mol. The first-order valence-corrected chi connectivity index (χ1v) is 4.67. The molecule has 0 bridgehead atoms. The maximum atomic E-state index is 13.0. The van der Waals surface area contributed by atoms with E-state index < -0.39 is 11.8 Å². The summed E-state index contributed by atoms with van der Waals surface area (Å²) >= 11 is 0. The van der Waals surface area contributed by atoms with Gasteiger partial charge < -0.3 is 4.74 Å². The van der Waals surface area contributed by atoms with Crippen LogP contribution in [0.4, 0.5) is 8.78 Å². The predicted molar refractivity (Wildman–Crippen MR) is 50.1 cm³/mol. The maximum Gasteiger partial charge on any atom is 0.252 e. The molecule has 13 heavy (non-hydrogen) atoms. The van der Waals surface area contributed by atoms with Gasteiger partial charge in [0.25, 0.3) is 5.92 Å². The first-order valence-electron chi connectivity index (χ1n) is 4.67. The van der Waals surface area contributed by atoms with Gasteiger partial charge in [0.15, 0.2) is 0 Å². The first-order chi connectivity index (χ1) is 5.65. The van der Waals surface area contributed by atoms with Gasteiger partial charge in [-0.1, -0.05) is 13.8 Å². The Kier molecular flexibility index (Phi) is 4.30. The van der Waals surface area contributed by atoms with Crippen molar-refractivity contribution >= 4 is 0 Å². The number of halogens is 2. The first kappa shape index (κ1) is 12.8. The van der Waals surface area contributed by atoms with Gasteiger partial charge in [-0.3, -0.25) is 0 Å². The number of hydrogen-bond acceptors (Lipinski definition) is 1. The van der Waals surface area contributed by atoms with Crippen LogP contribution in [0.15, 0.2) is 0 Å². The highest BCUT2D eigenvalue weighted by Crippen LogP contribution is 2.28. The van der Waals surface area contributed by atoms with Crippen LogP contribution in [0.25, 0.3) is 0 Å². The maximum absolute atomic E-state index is 13.0. The molecule has 3 heteroatoms. The van der Waals surface area contributed by atoms with Crippen LogP contribution < -0.4 is 0 Å². The molecule has 0 radical (unpaired) electrons. The van der Waals surface area contributed by atoms with Gasteiger partial charge in [0.05, 0.1) is 12.2 Å². The van der Waals surface area contributed by atoms with Crippen LogP contribution >= 0.6 is 0 Å². The molecule has 0 saturated carbocycles. The van der Waals surface area contributed by atoms with E-state index in [1.54, 1.807) is 0 Å². The van der Waals surface area contributed by atoms with E-state index in [2.05, 4.69) is 0 Å². The number of alkyl halides is 2. The Morgan fingerprint density at radius 3 is 1.92 bits per heavy atom. The third-order valence-electron chi connectivity index (χ3n) is 1.82. The van der Waals surface area contributed by atoms with Gasteiger partial charge in [0, 0.05) is 12.3 Å². The largest absolute Gasteiger partial charge is 0.376 e. The van der Waals surface area contributed by atoms with Crippen molar-refractivity contribution in [1.29, 1.82) is 0 Å². The van der Waals surface area contributed by atoms with E-state index in [1.165, 1.54) is 13.8 Å². The molecule has 0 atom stereocenters. The second kappa shape index (κ2) is 4.36. The van der Waals surface area contributed by atoms with Crippen molar-refractivity contribution in [2.24, 2.45) is 5.92 Å². The molecular weight excluding hydrogens is 174 g/mol. The minimum Gasteiger partial charge on any atom is -0.376 e. The van der Waals surface area contributed by atoms with E-state index >= 15 is 0 Å². The Hall–Kier alpha value is -0.180. The van der Waals surface area contributed by atoms with Crippen LogP contribution in [0.1, 0.15) is 41.0 Å². The molecule has 0 aliphatic rings. The Morgan fingerprint density at radius 1 is 1.15 bits per heavy atom. The highest BCUT2D eigenvalue weighted by molar-refractivity contribution is 4.70. The topological polar surface area (TPSA) is 9.23 Å². The monoisotopic (exact) mass is 194 g/mol. The lowest BCUT2D eigenvalue weighted by molar-refractivity contribution is -0.0910. The molecule has 0 aliphatic carbocycles. The molecule has 0 saturated heterocycles. The number of ether oxygens (including phenoxy) is 1. The van der Waals surface area contributed by atoms with Crippen LogP contribution in [0, 0.1) is 5.92 Å². The van der Waals surface area contributed by atoms with Crippen molar-refractivity contribution in [3.05, 3.63) is 0 Å². The van der Waals surface area contributed by atoms with Gasteiger partial charge >= 0.3 is 0 Å². The minimum atomic E-state index is -2.61. The molecule has 0 heterocycles. The zero-order valence-corrected chi connectivity index (χ0v) is 9.16. The smallest absolute Gasteiger partial charge is 0.252 e. The molecule has 0 rings (SSSR count). The summed E-state index contributed by atoms with van der Waals surface area (Å²) in [4.78, 5) is 0. The summed E-state index contributed by atoms with van der Waals surface area (Å²) in [6.07, 6.45) is -0.193. The third kappa shape index (κ3) is 5.97. The second-order valence-electron chi connectivity index (χ2n) is 4.63. The lowest BCUT2D eigenvalue weighted by Gasteiger charge is -2.24. The summed E-state index contributed by atoms with van der Waals surface area (Å²) in [5.74, 6) is -3.22. The predicted octanol–water partition coefficient (Wildman–Crippen LogP) is 3.48. The van der Waals surface area contributed by atoms with Gasteiger partial charge in [-0.15, -0.1) is 0 Å². The normalized spacial score (nSPS) is 13.8. The van der Waals surface area contributed by atoms with Gasteiger partial charge in [0.2, 0.25) is 0 Å². The van der Waals surface area contributed by atoms with Gasteiger partial charge in [-0.2, -0.15) is 0 Å². The summed E-state index contributed by atoms with van der Waals surface area (Å²) in [5, 5.41) is 0. The van der Waals surface area contributed by atoms with E-state index in [1.807, 2.05) is 20.8 Å². The molecule has 1 nitrogen and oxygen atoms in total. The van der Waals surface area contributed by atoms with Crippen LogP contribution in [-0.4, -0.2) is 18.1 Å². The zero-order valence-electron chi connectivity index (χ0n) is 9.16. The van der Waals surface area contributed by atoms with Crippen molar-refractivity contribution in [3.63, 3.8) is 0 Å². The molecular formula is C10H20F2O.